The number of amides is 1. The Balaban J connectivity index is 1.19. The van der Waals surface area contributed by atoms with Gasteiger partial charge in [0.15, 0.2) is 6.61 Å². The van der Waals surface area contributed by atoms with Gasteiger partial charge in [-0.05, 0) is 55.7 Å². The van der Waals surface area contributed by atoms with E-state index >= 15 is 0 Å². The molecule has 1 fully saturated rings. The smallest absolute Gasteiger partial charge is 0.258 e. The predicted molar refractivity (Wildman–Crippen MR) is 124 cm³/mol. The van der Waals surface area contributed by atoms with Gasteiger partial charge in [0.25, 0.3) is 5.91 Å². The first-order valence-electron chi connectivity index (χ1n) is 11.0. The Morgan fingerprint density at radius 1 is 1.03 bits per heavy atom. The molecule has 2 heterocycles. The Hall–Kier alpha value is -3.38. The maximum Gasteiger partial charge on any atom is 0.258 e. The summed E-state index contributed by atoms with van der Waals surface area (Å²) in [7, 11) is 0. The number of rotatable bonds is 8. The molecule has 6 heteroatoms. The first kappa shape index (κ1) is 21.8. The van der Waals surface area contributed by atoms with Gasteiger partial charge in [-0.15, -0.1) is 0 Å². The first-order chi connectivity index (χ1) is 15.7. The Morgan fingerprint density at radius 3 is 2.50 bits per heavy atom. The Labute approximate surface area is 189 Å². The van der Waals surface area contributed by atoms with E-state index in [0.29, 0.717) is 23.4 Å². The van der Waals surface area contributed by atoms with Crippen molar-refractivity contribution in [2.45, 2.75) is 38.4 Å². The molecule has 2 atom stereocenters. The van der Waals surface area contributed by atoms with Crippen LogP contribution in [-0.2, 0) is 11.3 Å². The third-order valence-corrected chi connectivity index (χ3v) is 5.66. The summed E-state index contributed by atoms with van der Waals surface area (Å²) < 4.78 is 11.3. The van der Waals surface area contributed by atoms with Gasteiger partial charge >= 0.3 is 0 Å². The quantitative estimate of drug-likeness (QED) is 0.572. The minimum absolute atomic E-state index is 0.000937. The normalized spacial score (nSPS) is 18.7. The molecule has 2 aromatic carbocycles. The molecule has 32 heavy (non-hydrogen) atoms. The molecule has 0 radical (unpaired) electrons. The number of ether oxygens (including phenoxy) is 2. The highest BCUT2D eigenvalue weighted by atomic mass is 16.5. The molecule has 3 aromatic rings. The molecule has 1 N–H and O–H groups in total. The van der Waals surface area contributed by atoms with Gasteiger partial charge in [0, 0.05) is 37.4 Å². The number of pyridine rings is 1. The number of carbonyl (C=O) groups is 1. The van der Waals surface area contributed by atoms with Gasteiger partial charge in [-0.2, -0.15) is 0 Å². The largest absolute Gasteiger partial charge is 0.484 e. The van der Waals surface area contributed by atoms with Crippen LogP contribution in [0, 0.1) is 0 Å². The molecule has 1 amide bonds. The van der Waals surface area contributed by atoms with Crippen molar-refractivity contribution in [3.8, 4) is 17.4 Å². The van der Waals surface area contributed by atoms with Gasteiger partial charge in [0.05, 0.1) is 0 Å². The molecule has 1 aliphatic heterocycles. The average Bonchev–Trinajstić information content (AvgIpc) is 2.82. The maximum absolute atomic E-state index is 12.4. The lowest BCUT2D eigenvalue weighted by Gasteiger charge is -2.38. The van der Waals surface area contributed by atoms with E-state index in [0.717, 1.165) is 25.9 Å². The van der Waals surface area contributed by atoms with Crippen LogP contribution in [0.2, 0.25) is 0 Å². The highest BCUT2D eigenvalue weighted by molar-refractivity contribution is 5.77. The molecule has 0 spiro atoms. The number of carbonyl (C=O) groups excluding carboxylic acids is 1. The van der Waals surface area contributed by atoms with Crippen LogP contribution in [0.4, 0.5) is 0 Å². The summed E-state index contributed by atoms with van der Waals surface area (Å²) in [5.41, 5.74) is 1.33. The van der Waals surface area contributed by atoms with Gasteiger partial charge in [-0.3, -0.25) is 9.69 Å². The van der Waals surface area contributed by atoms with Gasteiger partial charge < -0.3 is 14.8 Å². The van der Waals surface area contributed by atoms with Gasteiger partial charge in [0.1, 0.15) is 11.5 Å². The number of benzene rings is 2. The van der Waals surface area contributed by atoms with Crippen LogP contribution in [0.15, 0.2) is 79.0 Å². The number of hydrogen-bond donors (Lipinski definition) is 1. The van der Waals surface area contributed by atoms with Crippen molar-refractivity contribution in [2.24, 2.45) is 0 Å². The van der Waals surface area contributed by atoms with Crippen LogP contribution in [0.1, 0.15) is 25.3 Å². The minimum atomic E-state index is -0.0903. The fraction of sp³-hybridized carbons (Fsp3) is 0.308. The fourth-order valence-corrected chi connectivity index (χ4v) is 3.95. The van der Waals surface area contributed by atoms with Crippen molar-refractivity contribution >= 4 is 5.91 Å². The number of aromatic nitrogens is 1. The average molecular weight is 432 g/mol. The summed E-state index contributed by atoms with van der Waals surface area (Å²) in [4.78, 5) is 19.0. The predicted octanol–water partition coefficient (Wildman–Crippen LogP) is 4.42. The highest BCUT2D eigenvalue weighted by Gasteiger charge is 2.26. The molecule has 0 bridgehead atoms. The summed E-state index contributed by atoms with van der Waals surface area (Å²) in [6, 6.07) is 23.8. The van der Waals surface area contributed by atoms with E-state index in [-0.39, 0.29) is 18.6 Å². The van der Waals surface area contributed by atoms with E-state index in [2.05, 4.69) is 46.4 Å². The van der Waals surface area contributed by atoms with Crippen molar-refractivity contribution in [2.75, 3.05) is 13.2 Å². The van der Waals surface area contributed by atoms with Crippen molar-refractivity contribution in [3.05, 3.63) is 84.6 Å². The summed E-state index contributed by atoms with van der Waals surface area (Å²) in [5.74, 6) is 1.73. The third-order valence-electron chi connectivity index (χ3n) is 5.66. The molecule has 4 rings (SSSR count). The lowest BCUT2D eigenvalue weighted by Crippen LogP contribution is -2.49. The molecule has 1 saturated heterocycles. The van der Waals surface area contributed by atoms with Crippen LogP contribution in [0.25, 0.3) is 0 Å². The Kier molecular flexibility index (Phi) is 7.35. The van der Waals surface area contributed by atoms with E-state index in [1.165, 1.54) is 5.56 Å². The van der Waals surface area contributed by atoms with Crippen molar-refractivity contribution in [3.63, 3.8) is 0 Å². The second kappa shape index (κ2) is 10.8. The third kappa shape index (κ3) is 6.31. The fourth-order valence-electron chi connectivity index (χ4n) is 3.95. The first-order valence-corrected chi connectivity index (χ1v) is 11.0. The topological polar surface area (TPSA) is 63.7 Å². The standard InChI is InChI=1S/C26H29N3O3/c1-20-17-22(14-16-29(20)18-21-7-3-2-4-8-21)28-25(30)19-31-23-10-12-24(13-11-23)32-26-9-5-6-15-27-26/h2-13,15,20,22H,14,16-19H2,1H3,(H,28,30)/t20-,22-/m0/s1. The summed E-state index contributed by atoms with van der Waals surface area (Å²) >= 11 is 0. The Bertz CT molecular complexity index is 980. The molecular formula is C26H29N3O3. The second-order valence-corrected chi connectivity index (χ2v) is 8.12. The molecule has 6 nitrogen and oxygen atoms in total. The monoisotopic (exact) mass is 431 g/mol. The van der Waals surface area contributed by atoms with Crippen molar-refractivity contribution in [1.82, 2.24) is 15.2 Å². The van der Waals surface area contributed by atoms with Crippen LogP contribution < -0.4 is 14.8 Å². The van der Waals surface area contributed by atoms with Crippen molar-refractivity contribution in [1.29, 1.82) is 0 Å². The molecule has 0 saturated carbocycles. The number of hydrogen-bond acceptors (Lipinski definition) is 5. The summed E-state index contributed by atoms with van der Waals surface area (Å²) in [6.45, 7) is 4.15. The second-order valence-electron chi connectivity index (χ2n) is 8.12. The molecule has 0 aliphatic carbocycles. The van der Waals surface area contributed by atoms with Gasteiger partial charge in [-0.25, -0.2) is 4.98 Å². The van der Waals surface area contributed by atoms with E-state index in [1.807, 2.05) is 18.2 Å². The number of nitrogens with zero attached hydrogens (tertiary/aromatic N) is 2. The number of likely N-dealkylation sites (tertiary alicyclic amines) is 1. The zero-order valence-electron chi connectivity index (χ0n) is 18.3. The van der Waals surface area contributed by atoms with Crippen LogP contribution in [0.5, 0.6) is 17.4 Å². The lowest BCUT2D eigenvalue weighted by atomic mass is 9.97. The highest BCUT2D eigenvalue weighted by Crippen LogP contribution is 2.22. The minimum Gasteiger partial charge on any atom is -0.484 e. The van der Waals surface area contributed by atoms with Crippen LogP contribution in [-0.4, -0.2) is 41.0 Å². The zero-order chi connectivity index (χ0) is 22.2. The SMILES string of the molecule is C[C@H]1C[C@@H](NC(=O)COc2ccc(Oc3ccccn3)cc2)CCN1Cc1ccccc1. The van der Waals surface area contributed by atoms with E-state index < -0.39 is 0 Å². The van der Waals surface area contributed by atoms with E-state index in [9.17, 15) is 4.79 Å². The molecule has 166 valence electrons. The molecule has 0 unspecified atom stereocenters. The van der Waals surface area contributed by atoms with Crippen LogP contribution in [0.3, 0.4) is 0 Å². The van der Waals surface area contributed by atoms with Gasteiger partial charge in [-0.1, -0.05) is 36.4 Å². The summed E-state index contributed by atoms with van der Waals surface area (Å²) in [5, 5.41) is 3.12. The molecule has 1 aliphatic rings. The Morgan fingerprint density at radius 2 is 1.78 bits per heavy atom. The van der Waals surface area contributed by atoms with E-state index in [4.69, 9.17) is 9.47 Å². The van der Waals surface area contributed by atoms with Gasteiger partial charge in [0.2, 0.25) is 5.88 Å². The number of nitrogens with one attached hydrogen (secondary N) is 1. The van der Waals surface area contributed by atoms with E-state index in [1.54, 1.807) is 36.5 Å². The molecular weight excluding hydrogens is 402 g/mol. The lowest BCUT2D eigenvalue weighted by molar-refractivity contribution is -0.124. The zero-order valence-corrected chi connectivity index (χ0v) is 18.3. The maximum atomic E-state index is 12.4. The van der Waals surface area contributed by atoms with Crippen LogP contribution >= 0.6 is 0 Å². The van der Waals surface area contributed by atoms with Crippen molar-refractivity contribution < 1.29 is 14.3 Å². The molecule has 1 aromatic heterocycles. The summed E-state index contributed by atoms with van der Waals surface area (Å²) in [6.07, 6.45) is 3.57. The number of piperidine rings is 1.